The highest BCUT2D eigenvalue weighted by Crippen LogP contribution is 2.44. The third kappa shape index (κ3) is 3.15. The fraction of sp³-hybridized carbons (Fsp3) is 0.200. The van der Waals surface area contributed by atoms with Gasteiger partial charge in [-0.2, -0.15) is 0 Å². The molecule has 3 heterocycles. The molecule has 1 fully saturated rings. The molecule has 0 bridgehead atoms. The second kappa shape index (κ2) is 7.21. The average Bonchev–Trinajstić information content (AvgIpc) is 3.28. The van der Waals surface area contributed by atoms with Gasteiger partial charge in [0, 0.05) is 29.7 Å². The van der Waals surface area contributed by atoms with E-state index in [1.807, 2.05) is 35.4 Å². The number of hydrogen-bond donors (Lipinski definition) is 2. The molecule has 4 rings (SSSR count). The maximum absolute atomic E-state index is 10.5. The number of phenols is 1. The summed E-state index contributed by atoms with van der Waals surface area (Å²) in [5.74, 6) is 0.129. The molecule has 5 nitrogen and oxygen atoms in total. The van der Waals surface area contributed by atoms with Gasteiger partial charge in [-0.1, -0.05) is 17.7 Å². The lowest BCUT2D eigenvalue weighted by Crippen LogP contribution is -2.30. The van der Waals surface area contributed by atoms with E-state index in [0.29, 0.717) is 15.8 Å². The number of rotatable bonds is 4. The van der Waals surface area contributed by atoms with Crippen molar-refractivity contribution in [1.29, 1.82) is 0 Å². The van der Waals surface area contributed by atoms with E-state index in [0.717, 1.165) is 17.9 Å². The van der Waals surface area contributed by atoms with E-state index in [-0.39, 0.29) is 17.8 Å². The van der Waals surface area contributed by atoms with Crippen LogP contribution in [0.5, 0.6) is 5.75 Å². The number of anilines is 1. The monoisotopic (exact) mass is 398 g/mol. The molecule has 0 saturated carbocycles. The van der Waals surface area contributed by atoms with Crippen LogP contribution in [0.15, 0.2) is 60.9 Å². The molecule has 3 aromatic rings. The molecule has 138 valence electrons. The van der Waals surface area contributed by atoms with Crippen molar-refractivity contribution in [3.05, 3.63) is 77.3 Å². The average molecular weight is 399 g/mol. The zero-order valence-electron chi connectivity index (χ0n) is 14.7. The molecule has 0 unspecified atom stereocenters. The Hall–Kier alpha value is -2.57. The molecule has 2 N–H and O–H groups in total. The number of nitrogens with one attached hydrogen (secondary N) is 1. The van der Waals surface area contributed by atoms with Crippen LogP contribution in [-0.2, 0) is 6.54 Å². The van der Waals surface area contributed by atoms with Gasteiger partial charge in [-0.15, -0.1) is 0 Å². The van der Waals surface area contributed by atoms with Gasteiger partial charge in [-0.05, 0) is 61.6 Å². The maximum Gasteiger partial charge on any atom is 0.174 e. The summed E-state index contributed by atoms with van der Waals surface area (Å²) in [6.07, 6.45) is 3.82. The summed E-state index contributed by atoms with van der Waals surface area (Å²) in [7, 11) is 0. The predicted octanol–water partition coefficient (Wildman–Crippen LogP) is 4.44. The topological polar surface area (TPSA) is 53.3 Å². The zero-order chi connectivity index (χ0) is 19.0. The van der Waals surface area contributed by atoms with E-state index in [9.17, 15) is 5.11 Å². The number of nitrogens with zero attached hydrogens (tertiary/aromatic N) is 3. The first-order chi connectivity index (χ1) is 13.1. The Labute approximate surface area is 168 Å². The van der Waals surface area contributed by atoms with Crippen molar-refractivity contribution < 1.29 is 5.11 Å². The Kier molecular flexibility index (Phi) is 4.76. The van der Waals surface area contributed by atoms with Crippen LogP contribution < -0.4 is 10.2 Å². The maximum atomic E-state index is 10.5. The first-order valence-electron chi connectivity index (χ1n) is 8.74. The number of halogens is 1. The Balaban J connectivity index is 1.89. The van der Waals surface area contributed by atoms with Crippen molar-refractivity contribution in [2.24, 2.45) is 0 Å². The number of aromatic nitrogens is 2. The van der Waals surface area contributed by atoms with Gasteiger partial charge < -0.3 is 19.9 Å². The summed E-state index contributed by atoms with van der Waals surface area (Å²) >= 11 is 11.9. The van der Waals surface area contributed by atoms with Crippen LogP contribution in [0, 0.1) is 0 Å². The predicted molar refractivity (Wildman–Crippen MR) is 111 cm³/mol. The molecule has 0 aliphatic carbocycles. The summed E-state index contributed by atoms with van der Waals surface area (Å²) in [6.45, 7) is 2.93. The molecule has 0 amide bonds. The Bertz CT molecular complexity index is 975. The van der Waals surface area contributed by atoms with E-state index in [1.165, 1.54) is 0 Å². The zero-order valence-corrected chi connectivity index (χ0v) is 16.3. The van der Waals surface area contributed by atoms with Gasteiger partial charge in [0.25, 0.3) is 0 Å². The molecule has 2 atom stereocenters. The number of aromatic hydroxyl groups is 1. The fourth-order valence-electron chi connectivity index (χ4n) is 3.59. The SMILES string of the molecule is CCn1cccc1[C@@H]1[C@@H](c2ccccn2)NC(=S)N1c1cc(Cl)ccc1O. The summed E-state index contributed by atoms with van der Waals surface area (Å²) < 4.78 is 2.17. The number of pyridine rings is 1. The highest BCUT2D eigenvalue weighted by atomic mass is 35.5. The number of benzene rings is 1. The molecule has 1 saturated heterocycles. The summed E-state index contributed by atoms with van der Waals surface area (Å²) in [5, 5.41) is 14.9. The van der Waals surface area contributed by atoms with Gasteiger partial charge in [0.1, 0.15) is 11.8 Å². The molecule has 0 radical (unpaired) electrons. The largest absolute Gasteiger partial charge is 0.506 e. The minimum Gasteiger partial charge on any atom is -0.506 e. The van der Waals surface area contributed by atoms with Crippen LogP contribution in [-0.4, -0.2) is 19.8 Å². The van der Waals surface area contributed by atoms with Crippen LogP contribution in [0.2, 0.25) is 5.02 Å². The van der Waals surface area contributed by atoms with Gasteiger partial charge >= 0.3 is 0 Å². The van der Waals surface area contributed by atoms with Crippen LogP contribution in [0.4, 0.5) is 5.69 Å². The number of phenolic OH excluding ortho intramolecular Hbond substituents is 1. The lowest BCUT2D eigenvalue weighted by molar-refractivity contribution is 0.470. The number of thiocarbonyl (C=S) groups is 1. The van der Waals surface area contributed by atoms with E-state index in [4.69, 9.17) is 23.8 Å². The van der Waals surface area contributed by atoms with Crippen molar-refractivity contribution >= 4 is 34.6 Å². The lowest BCUT2D eigenvalue weighted by Gasteiger charge is -2.29. The molecular formula is C20H19ClN4OS. The lowest BCUT2D eigenvalue weighted by atomic mass is 10.0. The van der Waals surface area contributed by atoms with Gasteiger partial charge in [0.15, 0.2) is 5.11 Å². The number of hydrogen-bond acceptors (Lipinski definition) is 3. The third-order valence-corrected chi connectivity index (χ3v) is 5.35. The van der Waals surface area contributed by atoms with Crippen molar-refractivity contribution in [1.82, 2.24) is 14.9 Å². The van der Waals surface area contributed by atoms with Crippen LogP contribution >= 0.6 is 23.8 Å². The molecule has 1 aliphatic rings. The third-order valence-electron chi connectivity index (χ3n) is 4.80. The van der Waals surface area contributed by atoms with Gasteiger partial charge in [-0.25, -0.2) is 0 Å². The quantitative estimate of drug-likeness (QED) is 0.636. The molecule has 27 heavy (non-hydrogen) atoms. The first-order valence-corrected chi connectivity index (χ1v) is 9.53. The highest BCUT2D eigenvalue weighted by Gasteiger charge is 2.42. The van der Waals surface area contributed by atoms with Crippen molar-refractivity contribution in [2.45, 2.75) is 25.6 Å². The Morgan fingerprint density at radius 3 is 2.81 bits per heavy atom. The second-order valence-corrected chi connectivity index (χ2v) is 7.17. The Morgan fingerprint density at radius 2 is 2.07 bits per heavy atom. The standard InChI is InChI=1S/C20H19ClN4OS/c1-2-24-11-5-7-15(24)19-18(14-6-3-4-10-22-14)23-20(27)25(19)16-12-13(21)8-9-17(16)26/h3-12,18-19,26H,2H2,1H3,(H,23,27)/t18-,19-/m1/s1. The first kappa shape index (κ1) is 17.8. The summed E-state index contributed by atoms with van der Waals surface area (Å²) in [5.41, 5.74) is 2.55. The summed E-state index contributed by atoms with van der Waals surface area (Å²) in [4.78, 5) is 6.46. The molecule has 1 aliphatic heterocycles. The smallest absolute Gasteiger partial charge is 0.174 e. The minimum absolute atomic E-state index is 0.129. The van der Waals surface area contributed by atoms with Gasteiger partial charge in [0.05, 0.1) is 17.4 Å². The van der Waals surface area contributed by atoms with Gasteiger partial charge in [-0.3, -0.25) is 4.98 Å². The van der Waals surface area contributed by atoms with E-state index in [2.05, 4.69) is 27.9 Å². The molecule has 0 spiro atoms. The van der Waals surface area contributed by atoms with E-state index < -0.39 is 0 Å². The van der Waals surface area contributed by atoms with Crippen molar-refractivity contribution in [3.8, 4) is 5.75 Å². The Morgan fingerprint density at radius 1 is 1.22 bits per heavy atom. The fourth-order valence-corrected chi connectivity index (χ4v) is 4.09. The number of aryl methyl sites for hydroxylation is 1. The minimum atomic E-state index is -0.174. The second-order valence-electron chi connectivity index (χ2n) is 6.35. The molecular weight excluding hydrogens is 380 g/mol. The van der Waals surface area contributed by atoms with Crippen LogP contribution in [0.3, 0.4) is 0 Å². The molecule has 7 heteroatoms. The van der Waals surface area contributed by atoms with E-state index in [1.54, 1.807) is 24.4 Å². The molecule has 2 aromatic heterocycles. The summed E-state index contributed by atoms with van der Waals surface area (Å²) in [6, 6.07) is 14.6. The van der Waals surface area contributed by atoms with Crippen LogP contribution in [0.1, 0.15) is 30.4 Å². The van der Waals surface area contributed by atoms with Crippen molar-refractivity contribution in [2.75, 3.05) is 4.90 Å². The van der Waals surface area contributed by atoms with E-state index >= 15 is 0 Å². The molecule has 1 aromatic carbocycles. The normalized spacial score (nSPS) is 19.3. The highest BCUT2D eigenvalue weighted by molar-refractivity contribution is 7.80. The van der Waals surface area contributed by atoms with Gasteiger partial charge in [0.2, 0.25) is 0 Å². The van der Waals surface area contributed by atoms with Crippen LogP contribution in [0.25, 0.3) is 0 Å². The van der Waals surface area contributed by atoms with Crippen molar-refractivity contribution in [3.63, 3.8) is 0 Å².